The van der Waals surface area contributed by atoms with Crippen LogP contribution < -0.4 is 0 Å². The maximum absolute atomic E-state index is 3.97. The average molecular weight is 107 g/mol. The fourth-order valence-corrected chi connectivity index (χ4v) is 0.575. The molecule has 0 aromatic heterocycles. The molecule has 0 radical (unpaired) electrons. The van der Waals surface area contributed by atoms with Crippen LogP contribution in [0.3, 0.4) is 0 Å². The van der Waals surface area contributed by atoms with Gasteiger partial charge in [-0.2, -0.15) is 0 Å². The summed E-state index contributed by atoms with van der Waals surface area (Å²) < 4.78 is 0. The van der Waals surface area contributed by atoms with Crippen molar-refractivity contribution in [2.75, 3.05) is 0 Å². The third-order valence-corrected chi connectivity index (χ3v) is 0.977. The van der Waals surface area contributed by atoms with E-state index in [4.69, 9.17) is 0 Å². The number of nitrogens with zero attached hydrogens (tertiary/aromatic N) is 1. The SMILES string of the molecule is C1=CC/C=C/N=CC1. The summed E-state index contributed by atoms with van der Waals surface area (Å²) in [5.74, 6) is 0. The molecule has 0 amide bonds. The van der Waals surface area contributed by atoms with Gasteiger partial charge in [-0.1, -0.05) is 18.2 Å². The van der Waals surface area contributed by atoms with Crippen LogP contribution in [0.4, 0.5) is 0 Å². The van der Waals surface area contributed by atoms with E-state index in [1.54, 1.807) is 0 Å². The quantitative estimate of drug-likeness (QED) is 0.419. The van der Waals surface area contributed by atoms with Crippen molar-refractivity contribution in [1.82, 2.24) is 0 Å². The zero-order valence-electron chi connectivity index (χ0n) is 4.75. The van der Waals surface area contributed by atoms with E-state index in [1.165, 1.54) is 0 Å². The Kier molecular flexibility index (Phi) is 2.11. The smallest absolute Gasteiger partial charge is 0.0227 e. The number of rotatable bonds is 0. The summed E-state index contributed by atoms with van der Waals surface area (Å²) in [6.07, 6.45) is 12.0. The maximum atomic E-state index is 3.97. The van der Waals surface area contributed by atoms with Crippen LogP contribution in [0.2, 0.25) is 0 Å². The van der Waals surface area contributed by atoms with E-state index in [-0.39, 0.29) is 0 Å². The first-order valence-corrected chi connectivity index (χ1v) is 2.82. The van der Waals surface area contributed by atoms with E-state index in [1.807, 2.05) is 18.5 Å². The zero-order chi connectivity index (χ0) is 5.66. The van der Waals surface area contributed by atoms with E-state index in [2.05, 4.69) is 17.1 Å². The molecule has 0 aromatic rings. The summed E-state index contributed by atoms with van der Waals surface area (Å²) in [5, 5.41) is 0. The van der Waals surface area contributed by atoms with Crippen molar-refractivity contribution in [2.45, 2.75) is 12.8 Å². The molecule has 42 valence electrons. The molecule has 1 aliphatic rings. The molecule has 8 heavy (non-hydrogen) atoms. The lowest BCUT2D eigenvalue weighted by molar-refractivity contribution is 1.30. The van der Waals surface area contributed by atoms with Gasteiger partial charge in [0.1, 0.15) is 0 Å². The Morgan fingerprint density at radius 3 is 2.88 bits per heavy atom. The summed E-state index contributed by atoms with van der Waals surface area (Å²) in [7, 11) is 0. The predicted octanol–water partition coefficient (Wildman–Crippen LogP) is 1.92. The van der Waals surface area contributed by atoms with Crippen LogP contribution in [-0.4, -0.2) is 6.21 Å². The van der Waals surface area contributed by atoms with Gasteiger partial charge in [-0.3, -0.25) is 4.99 Å². The van der Waals surface area contributed by atoms with Crippen LogP contribution in [0.1, 0.15) is 12.8 Å². The molecule has 1 aliphatic heterocycles. The Balaban J connectivity index is 2.51. The van der Waals surface area contributed by atoms with Crippen LogP contribution in [0.5, 0.6) is 0 Å². The summed E-state index contributed by atoms with van der Waals surface area (Å²) in [4.78, 5) is 3.97. The summed E-state index contributed by atoms with van der Waals surface area (Å²) in [5.41, 5.74) is 0. The van der Waals surface area contributed by atoms with Gasteiger partial charge in [-0.05, 0) is 6.42 Å². The largest absolute Gasteiger partial charge is 0.269 e. The van der Waals surface area contributed by atoms with E-state index >= 15 is 0 Å². The molecule has 1 rings (SSSR count). The Morgan fingerprint density at radius 2 is 1.88 bits per heavy atom. The minimum absolute atomic E-state index is 0.977. The molecule has 0 spiro atoms. The summed E-state index contributed by atoms with van der Waals surface area (Å²) >= 11 is 0. The lowest BCUT2D eigenvalue weighted by atomic mass is 10.3. The number of hydrogen-bond donors (Lipinski definition) is 0. The van der Waals surface area contributed by atoms with Crippen LogP contribution in [-0.2, 0) is 0 Å². The molecule has 0 atom stereocenters. The molecule has 1 nitrogen and oxygen atoms in total. The molecular weight excluding hydrogens is 98.1 g/mol. The van der Waals surface area contributed by atoms with E-state index in [9.17, 15) is 0 Å². The van der Waals surface area contributed by atoms with Gasteiger partial charge in [0.15, 0.2) is 0 Å². The summed E-state index contributed by atoms with van der Waals surface area (Å²) in [6, 6.07) is 0. The molecule has 1 heteroatoms. The van der Waals surface area contributed by atoms with Gasteiger partial charge in [0, 0.05) is 18.8 Å². The van der Waals surface area contributed by atoms with E-state index in [0.717, 1.165) is 12.8 Å². The molecule has 0 aliphatic carbocycles. The third kappa shape index (κ3) is 1.73. The van der Waals surface area contributed by atoms with Gasteiger partial charge >= 0.3 is 0 Å². The lowest BCUT2D eigenvalue weighted by Gasteiger charge is -1.85. The van der Waals surface area contributed by atoms with Crippen molar-refractivity contribution in [3.05, 3.63) is 24.4 Å². The Bertz CT molecular complexity index is 115. The second-order valence-electron chi connectivity index (χ2n) is 1.66. The molecule has 1 heterocycles. The van der Waals surface area contributed by atoms with Gasteiger partial charge in [-0.25, -0.2) is 0 Å². The van der Waals surface area contributed by atoms with Crippen LogP contribution in [0, 0.1) is 0 Å². The van der Waals surface area contributed by atoms with E-state index < -0.39 is 0 Å². The maximum Gasteiger partial charge on any atom is 0.0227 e. The topological polar surface area (TPSA) is 12.4 Å². The van der Waals surface area contributed by atoms with Gasteiger partial charge in [0.05, 0.1) is 0 Å². The monoisotopic (exact) mass is 107 g/mol. The van der Waals surface area contributed by atoms with Crippen molar-refractivity contribution in [1.29, 1.82) is 0 Å². The Morgan fingerprint density at radius 1 is 1.00 bits per heavy atom. The number of hydrogen-bond acceptors (Lipinski definition) is 1. The molecule has 0 aromatic carbocycles. The molecular formula is C7H9N. The normalized spacial score (nSPS) is 22.0. The fourth-order valence-electron chi connectivity index (χ4n) is 0.575. The van der Waals surface area contributed by atoms with Gasteiger partial charge in [-0.15, -0.1) is 0 Å². The summed E-state index contributed by atoms with van der Waals surface area (Å²) in [6.45, 7) is 0. The highest BCUT2D eigenvalue weighted by Gasteiger charge is 1.74. The van der Waals surface area contributed by atoms with Crippen molar-refractivity contribution in [3.63, 3.8) is 0 Å². The second-order valence-corrected chi connectivity index (χ2v) is 1.66. The van der Waals surface area contributed by atoms with Gasteiger partial charge in [0.25, 0.3) is 0 Å². The highest BCUT2D eigenvalue weighted by molar-refractivity contribution is 5.60. The van der Waals surface area contributed by atoms with Gasteiger partial charge in [0.2, 0.25) is 0 Å². The molecule has 0 bridgehead atoms. The number of aliphatic imine (C=N–C) groups is 1. The lowest BCUT2D eigenvalue weighted by Crippen LogP contribution is -1.71. The second kappa shape index (κ2) is 3.19. The van der Waals surface area contributed by atoms with Crippen molar-refractivity contribution >= 4 is 6.21 Å². The molecule has 0 N–H and O–H groups in total. The highest BCUT2D eigenvalue weighted by atomic mass is 14.7. The average Bonchev–Trinajstić information content (AvgIpc) is 1.62. The van der Waals surface area contributed by atoms with Crippen molar-refractivity contribution in [2.24, 2.45) is 4.99 Å². The zero-order valence-corrected chi connectivity index (χ0v) is 4.75. The van der Waals surface area contributed by atoms with Gasteiger partial charge < -0.3 is 0 Å². The minimum Gasteiger partial charge on any atom is -0.269 e. The standard InChI is InChI=1S/C7H9N/c1-2-4-6-8-7-5-3-1/h1-2,5-7H,3-4H2/b2-1?,7-5+,8-6?. The highest BCUT2D eigenvalue weighted by Crippen LogP contribution is 1.91. The van der Waals surface area contributed by atoms with Crippen LogP contribution in [0.25, 0.3) is 0 Å². The predicted molar refractivity (Wildman–Crippen MR) is 36.0 cm³/mol. The molecule has 0 unspecified atom stereocenters. The third-order valence-electron chi connectivity index (χ3n) is 0.977. The van der Waals surface area contributed by atoms with E-state index in [0.29, 0.717) is 0 Å². The fraction of sp³-hybridized carbons (Fsp3) is 0.286. The minimum atomic E-state index is 0.977. The van der Waals surface area contributed by atoms with Crippen molar-refractivity contribution < 1.29 is 0 Å². The first-order chi connectivity index (χ1) is 4.00. The van der Waals surface area contributed by atoms with Crippen molar-refractivity contribution in [3.8, 4) is 0 Å². The number of allylic oxidation sites excluding steroid dienone is 3. The molecule has 0 saturated heterocycles. The Labute approximate surface area is 49.4 Å². The Hall–Kier alpha value is -0.850. The van der Waals surface area contributed by atoms with Crippen LogP contribution >= 0.6 is 0 Å². The first-order valence-electron chi connectivity index (χ1n) is 2.82. The molecule has 0 fully saturated rings. The first kappa shape index (κ1) is 5.29. The molecule has 0 saturated carbocycles. The van der Waals surface area contributed by atoms with Crippen LogP contribution in [0.15, 0.2) is 29.4 Å².